The Hall–Kier alpha value is -1.27. The fourth-order valence-electron chi connectivity index (χ4n) is 2.22. The Morgan fingerprint density at radius 1 is 1.36 bits per heavy atom. The third-order valence-corrected chi connectivity index (χ3v) is 5.02. The van der Waals surface area contributed by atoms with Gasteiger partial charge in [0, 0.05) is 18.8 Å². The van der Waals surface area contributed by atoms with Gasteiger partial charge in [-0.25, -0.2) is 0 Å². The number of carbonyl (C=O) groups excluding carboxylic acids is 1. The van der Waals surface area contributed by atoms with Crippen molar-refractivity contribution >= 4 is 39.9 Å². The highest BCUT2D eigenvalue weighted by Crippen LogP contribution is 2.22. The molecule has 1 atom stereocenters. The van der Waals surface area contributed by atoms with E-state index in [9.17, 15) is 4.79 Å². The van der Waals surface area contributed by atoms with Crippen molar-refractivity contribution in [3.63, 3.8) is 0 Å². The van der Waals surface area contributed by atoms with Crippen LogP contribution in [0.2, 0.25) is 0 Å². The second kappa shape index (κ2) is 8.39. The van der Waals surface area contributed by atoms with Crippen LogP contribution in [-0.4, -0.2) is 40.1 Å². The maximum Gasteiger partial charge on any atom is 0.237 e. The predicted molar refractivity (Wildman–Crippen MR) is 96.7 cm³/mol. The molecule has 1 saturated heterocycles. The van der Waals surface area contributed by atoms with Gasteiger partial charge in [0.05, 0.1) is 11.9 Å². The monoisotopic (exact) mass is 338 g/mol. The smallest absolute Gasteiger partial charge is 0.237 e. The maximum atomic E-state index is 12.2. The summed E-state index contributed by atoms with van der Waals surface area (Å²) in [6.07, 6.45) is 2.38. The summed E-state index contributed by atoms with van der Waals surface area (Å²) in [6, 6.07) is 7.40. The van der Waals surface area contributed by atoms with Gasteiger partial charge < -0.3 is 15.0 Å². The SMILES string of the molecule is CCOc1ccc(NC(=O)[C@H](C)SC(=S)N2CCCC2)cc1. The molecule has 1 heterocycles. The highest BCUT2D eigenvalue weighted by atomic mass is 32.2. The summed E-state index contributed by atoms with van der Waals surface area (Å²) >= 11 is 6.87. The average molecular weight is 338 g/mol. The van der Waals surface area contributed by atoms with Crippen LogP contribution in [0.5, 0.6) is 5.75 Å². The molecule has 0 aromatic heterocycles. The quantitative estimate of drug-likeness (QED) is 0.832. The number of nitrogens with one attached hydrogen (secondary N) is 1. The zero-order valence-corrected chi connectivity index (χ0v) is 14.6. The Bertz CT molecular complexity index is 513. The van der Waals surface area contributed by atoms with Gasteiger partial charge in [0.2, 0.25) is 5.91 Å². The van der Waals surface area contributed by atoms with E-state index in [2.05, 4.69) is 10.2 Å². The minimum absolute atomic E-state index is 0.0318. The van der Waals surface area contributed by atoms with Crippen molar-refractivity contribution in [3.05, 3.63) is 24.3 Å². The van der Waals surface area contributed by atoms with Gasteiger partial charge in [0.1, 0.15) is 10.1 Å². The number of thiocarbonyl (C=S) groups is 1. The second-order valence-corrected chi connectivity index (χ2v) is 7.14. The molecular weight excluding hydrogens is 316 g/mol. The number of thioether (sulfide) groups is 1. The Balaban J connectivity index is 1.83. The molecule has 6 heteroatoms. The summed E-state index contributed by atoms with van der Waals surface area (Å²) in [5.41, 5.74) is 0.771. The molecule has 1 aliphatic heterocycles. The zero-order chi connectivity index (χ0) is 15.9. The summed E-state index contributed by atoms with van der Waals surface area (Å²) in [7, 11) is 0. The van der Waals surface area contributed by atoms with E-state index in [4.69, 9.17) is 17.0 Å². The zero-order valence-electron chi connectivity index (χ0n) is 13.0. The van der Waals surface area contributed by atoms with Crippen LogP contribution >= 0.6 is 24.0 Å². The molecule has 120 valence electrons. The van der Waals surface area contributed by atoms with Crippen molar-refractivity contribution in [3.8, 4) is 5.75 Å². The Morgan fingerprint density at radius 2 is 2.00 bits per heavy atom. The van der Waals surface area contributed by atoms with E-state index in [1.807, 2.05) is 38.1 Å². The maximum absolute atomic E-state index is 12.2. The van der Waals surface area contributed by atoms with Crippen molar-refractivity contribution in [2.24, 2.45) is 0 Å². The molecule has 1 amide bonds. The lowest BCUT2D eigenvalue weighted by atomic mass is 10.3. The van der Waals surface area contributed by atoms with Crippen LogP contribution in [0.4, 0.5) is 5.69 Å². The third-order valence-electron chi connectivity index (χ3n) is 3.44. The average Bonchev–Trinajstić information content (AvgIpc) is 3.04. The first-order valence-corrected chi connectivity index (χ1v) is 8.88. The Labute approximate surface area is 141 Å². The molecule has 1 aromatic rings. The van der Waals surface area contributed by atoms with Crippen molar-refractivity contribution in [2.75, 3.05) is 25.0 Å². The van der Waals surface area contributed by atoms with Crippen LogP contribution in [0.3, 0.4) is 0 Å². The number of likely N-dealkylation sites (tertiary alicyclic amines) is 1. The number of benzene rings is 1. The van der Waals surface area contributed by atoms with Crippen molar-refractivity contribution in [2.45, 2.75) is 31.9 Å². The van der Waals surface area contributed by atoms with Gasteiger partial charge in [-0.05, 0) is 51.0 Å². The van der Waals surface area contributed by atoms with E-state index in [0.29, 0.717) is 6.61 Å². The number of hydrogen-bond acceptors (Lipinski definition) is 4. The number of nitrogens with zero attached hydrogens (tertiary/aromatic N) is 1. The fourth-order valence-corrected chi connectivity index (χ4v) is 3.64. The highest BCUT2D eigenvalue weighted by Gasteiger charge is 2.21. The number of hydrogen-bond donors (Lipinski definition) is 1. The van der Waals surface area contributed by atoms with Crippen LogP contribution in [0.1, 0.15) is 26.7 Å². The van der Waals surface area contributed by atoms with Crippen LogP contribution in [0, 0.1) is 0 Å². The Morgan fingerprint density at radius 3 is 2.59 bits per heavy atom. The molecule has 4 nitrogen and oxygen atoms in total. The lowest BCUT2D eigenvalue weighted by Crippen LogP contribution is -2.29. The third kappa shape index (κ3) is 4.88. The molecule has 2 rings (SSSR count). The first-order valence-electron chi connectivity index (χ1n) is 7.59. The molecule has 0 unspecified atom stereocenters. The summed E-state index contributed by atoms with van der Waals surface area (Å²) in [5.74, 6) is 0.772. The van der Waals surface area contributed by atoms with E-state index >= 15 is 0 Å². The van der Waals surface area contributed by atoms with Crippen LogP contribution < -0.4 is 10.1 Å². The number of amides is 1. The molecule has 1 N–H and O–H groups in total. The van der Waals surface area contributed by atoms with Crippen LogP contribution in [0.25, 0.3) is 0 Å². The van der Waals surface area contributed by atoms with Gasteiger partial charge in [-0.15, -0.1) is 0 Å². The van der Waals surface area contributed by atoms with Crippen molar-refractivity contribution in [1.82, 2.24) is 4.90 Å². The lowest BCUT2D eigenvalue weighted by molar-refractivity contribution is -0.115. The van der Waals surface area contributed by atoms with Crippen molar-refractivity contribution in [1.29, 1.82) is 0 Å². The minimum atomic E-state index is -0.209. The van der Waals surface area contributed by atoms with E-state index in [0.717, 1.165) is 28.8 Å². The summed E-state index contributed by atoms with van der Waals surface area (Å²) in [5, 5.41) is 2.70. The van der Waals surface area contributed by atoms with Gasteiger partial charge in [0.15, 0.2) is 0 Å². The second-order valence-electron chi connectivity index (χ2n) is 5.17. The molecule has 0 radical (unpaired) electrons. The van der Waals surface area contributed by atoms with E-state index in [-0.39, 0.29) is 11.2 Å². The molecule has 1 aromatic carbocycles. The molecule has 1 fully saturated rings. The number of ether oxygens (including phenoxy) is 1. The number of carbonyl (C=O) groups is 1. The molecule has 1 aliphatic rings. The molecule has 0 saturated carbocycles. The topological polar surface area (TPSA) is 41.6 Å². The van der Waals surface area contributed by atoms with Crippen molar-refractivity contribution < 1.29 is 9.53 Å². The predicted octanol–water partition coefficient (Wildman–Crippen LogP) is 3.53. The van der Waals surface area contributed by atoms with Crippen LogP contribution in [-0.2, 0) is 4.79 Å². The van der Waals surface area contributed by atoms with E-state index < -0.39 is 0 Å². The normalized spacial score (nSPS) is 15.5. The summed E-state index contributed by atoms with van der Waals surface area (Å²) in [4.78, 5) is 14.4. The van der Waals surface area contributed by atoms with Gasteiger partial charge in [-0.3, -0.25) is 4.79 Å². The Kier molecular flexibility index (Phi) is 6.51. The van der Waals surface area contributed by atoms with Gasteiger partial charge >= 0.3 is 0 Å². The summed E-state index contributed by atoms with van der Waals surface area (Å²) in [6.45, 7) is 6.49. The van der Waals surface area contributed by atoms with Gasteiger partial charge in [0.25, 0.3) is 0 Å². The molecular formula is C16H22N2O2S2. The van der Waals surface area contributed by atoms with Gasteiger partial charge in [-0.2, -0.15) is 0 Å². The van der Waals surface area contributed by atoms with Crippen LogP contribution in [0.15, 0.2) is 24.3 Å². The summed E-state index contributed by atoms with van der Waals surface area (Å²) < 4.78 is 6.21. The first kappa shape index (κ1) is 17.1. The largest absolute Gasteiger partial charge is 0.494 e. The molecule has 0 aliphatic carbocycles. The minimum Gasteiger partial charge on any atom is -0.494 e. The van der Waals surface area contributed by atoms with E-state index in [1.54, 1.807) is 0 Å². The highest BCUT2D eigenvalue weighted by molar-refractivity contribution is 8.23. The lowest BCUT2D eigenvalue weighted by Gasteiger charge is -2.20. The number of rotatable bonds is 5. The first-order chi connectivity index (χ1) is 10.6. The van der Waals surface area contributed by atoms with Gasteiger partial charge in [-0.1, -0.05) is 24.0 Å². The number of anilines is 1. The molecule has 0 spiro atoms. The standard InChI is InChI=1S/C16H22N2O2S2/c1-3-20-14-8-6-13(7-9-14)17-15(19)12(2)22-16(21)18-10-4-5-11-18/h6-9,12H,3-5,10-11H2,1-2H3,(H,17,19)/t12-/m0/s1. The fraction of sp³-hybridized carbons (Fsp3) is 0.500. The molecule has 0 bridgehead atoms. The van der Waals surface area contributed by atoms with E-state index in [1.165, 1.54) is 24.6 Å². The molecule has 22 heavy (non-hydrogen) atoms.